The Morgan fingerprint density at radius 2 is 2.17 bits per heavy atom. The average Bonchev–Trinajstić information content (AvgIpc) is 2.98. The van der Waals surface area contributed by atoms with Crippen LogP contribution in [0.3, 0.4) is 0 Å². The summed E-state index contributed by atoms with van der Waals surface area (Å²) < 4.78 is 5.50. The Morgan fingerprint density at radius 1 is 1.28 bits per heavy atom. The minimum Gasteiger partial charge on any atom is -0.444 e. The number of halogens is 1. The van der Waals surface area contributed by atoms with Crippen LogP contribution in [0.2, 0.25) is 5.22 Å². The number of hydrogen-bond donors (Lipinski definition) is 1. The molecule has 0 saturated carbocycles. The monoisotopic (exact) mass is 278 g/mol. The number of nitrogens with zero attached hydrogens (tertiary/aromatic N) is 1. The van der Waals surface area contributed by atoms with Gasteiger partial charge in [-0.25, -0.2) is 4.98 Å². The number of furan rings is 1. The Kier molecular flexibility index (Phi) is 3.32. The van der Waals surface area contributed by atoms with Crippen LogP contribution >= 0.6 is 22.9 Å². The molecular formula is C13H11ClN2OS. The second-order valence-electron chi connectivity index (χ2n) is 3.93. The first-order chi connectivity index (χ1) is 8.84. The summed E-state index contributed by atoms with van der Waals surface area (Å²) in [5.74, 6) is 0. The maximum atomic E-state index is 6.11. The minimum atomic E-state index is 0.460. The molecule has 2 aromatic heterocycles. The van der Waals surface area contributed by atoms with Gasteiger partial charge in [0.25, 0.3) is 0 Å². The number of fused-ring (bicyclic) bond motifs is 1. The first-order valence-corrected chi connectivity index (χ1v) is 6.90. The zero-order valence-electron chi connectivity index (χ0n) is 9.52. The van der Waals surface area contributed by atoms with E-state index in [9.17, 15) is 0 Å². The Balaban J connectivity index is 1.76. The van der Waals surface area contributed by atoms with Gasteiger partial charge in [0.15, 0.2) is 5.22 Å². The van der Waals surface area contributed by atoms with E-state index in [-0.39, 0.29) is 0 Å². The third-order valence-electron chi connectivity index (χ3n) is 2.74. The van der Waals surface area contributed by atoms with Crippen molar-refractivity contribution in [3.8, 4) is 0 Å². The van der Waals surface area contributed by atoms with Gasteiger partial charge in [0.05, 0.1) is 11.2 Å². The van der Waals surface area contributed by atoms with Gasteiger partial charge in [-0.2, -0.15) is 0 Å². The molecule has 5 heteroatoms. The molecule has 18 heavy (non-hydrogen) atoms. The first-order valence-electron chi connectivity index (χ1n) is 5.58. The molecular weight excluding hydrogens is 268 g/mol. The van der Waals surface area contributed by atoms with Crippen LogP contribution in [0.4, 0.5) is 0 Å². The van der Waals surface area contributed by atoms with E-state index in [4.69, 9.17) is 16.0 Å². The highest BCUT2D eigenvalue weighted by Crippen LogP contribution is 2.29. The summed E-state index contributed by atoms with van der Waals surface area (Å²) in [5.41, 5.74) is 4.71. The van der Waals surface area contributed by atoms with Crippen LogP contribution < -0.4 is 5.32 Å². The van der Waals surface area contributed by atoms with E-state index in [1.807, 2.05) is 35.2 Å². The fraction of sp³-hybridized carbons (Fsp3) is 0.154. The Bertz CT molecular complexity index is 648. The number of nitrogens with one attached hydrogen (secondary N) is 1. The van der Waals surface area contributed by atoms with Crippen molar-refractivity contribution in [3.63, 3.8) is 0 Å². The number of hydrogen-bond acceptors (Lipinski definition) is 4. The van der Waals surface area contributed by atoms with Gasteiger partial charge in [-0.15, -0.1) is 11.3 Å². The first kappa shape index (κ1) is 11.7. The molecule has 0 amide bonds. The number of para-hydroxylation sites is 1. The van der Waals surface area contributed by atoms with Gasteiger partial charge >= 0.3 is 0 Å². The van der Waals surface area contributed by atoms with Crippen LogP contribution in [0.1, 0.15) is 11.3 Å². The van der Waals surface area contributed by atoms with E-state index in [1.54, 1.807) is 11.3 Å². The summed E-state index contributed by atoms with van der Waals surface area (Å²) in [6.07, 6.45) is 0. The van der Waals surface area contributed by atoms with E-state index in [1.165, 1.54) is 0 Å². The lowest BCUT2D eigenvalue weighted by atomic mass is 10.2. The lowest BCUT2D eigenvalue weighted by molar-refractivity contribution is 0.603. The normalized spacial score (nSPS) is 11.2. The zero-order valence-corrected chi connectivity index (χ0v) is 11.1. The molecule has 1 N–H and O–H groups in total. The molecule has 0 unspecified atom stereocenters. The summed E-state index contributed by atoms with van der Waals surface area (Å²) >= 11 is 7.71. The molecule has 3 rings (SSSR count). The molecule has 0 bridgehead atoms. The van der Waals surface area contributed by atoms with Gasteiger partial charge in [-0.3, -0.25) is 0 Å². The Hall–Kier alpha value is -1.36. The van der Waals surface area contributed by atoms with Gasteiger partial charge in [0, 0.05) is 29.4 Å². The maximum absolute atomic E-state index is 6.11. The highest BCUT2D eigenvalue weighted by Gasteiger charge is 2.11. The maximum Gasteiger partial charge on any atom is 0.199 e. The SMILES string of the molecule is Clc1oc2ccccc2c1CNCc1cscn1. The van der Waals surface area contributed by atoms with E-state index < -0.39 is 0 Å². The Morgan fingerprint density at radius 3 is 3.00 bits per heavy atom. The minimum absolute atomic E-state index is 0.460. The highest BCUT2D eigenvalue weighted by molar-refractivity contribution is 7.07. The van der Waals surface area contributed by atoms with Crippen molar-refractivity contribution in [1.82, 2.24) is 10.3 Å². The van der Waals surface area contributed by atoms with Crippen LogP contribution in [0, 0.1) is 0 Å². The van der Waals surface area contributed by atoms with E-state index in [2.05, 4.69) is 10.3 Å². The van der Waals surface area contributed by atoms with Gasteiger partial charge < -0.3 is 9.73 Å². The predicted octanol–water partition coefficient (Wildman–Crippen LogP) is 3.83. The van der Waals surface area contributed by atoms with Gasteiger partial charge in [0.2, 0.25) is 0 Å². The van der Waals surface area contributed by atoms with Gasteiger partial charge in [-0.05, 0) is 17.7 Å². The summed E-state index contributed by atoms with van der Waals surface area (Å²) in [7, 11) is 0. The second kappa shape index (κ2) is 5.10. The number of aromatic nitrogens is 1. The molecule has 0 atom stereocenters. The third kappa shape index (κ3) is 2.27. The van der Waals surface area contributed by atoms with Crippen LogP contribution in [0.15, 0.2) is 39.6 Å². The van der Waals surface area contributed by atoms with Crippen LogP contribution in [-0.4, -0.2) is 4.98 Å². The second-order valence-corrected chi connectivity index (χ2v) is 5.00. The van der Waals surface area contributed by atoms with Crippen molar-refractivity contribution in [2.75, 3.05) is 0 Å². The molecule has 2 heterocycles. The molecule has 0 aliphatic carbocycles. The largest absolute Gasteiger partial charge is 0.444 e. The quantitative estimate of drug-likeness (QED) is 0.788. The standard InChI is InChI=1S/C13H11ClN2OS/c14-13-11(6-15-5-9-7-18-8-16-9)10-3-1-2-4-12(10)17-13/h1-4,7-8,15H,5-6H2. The molecule has 92 valence electrons. The van der Waals surface area contributed by atoms with E-state index >= 15 is 0 Å². The summed E-state index contributed by atoms with van der Waals surface area (Å²) in [4.78, 5) is 4.22. The summed E-state index contributed by atoms with van der Waals surface area (Å²) in [6, 6.07) is 7.86. The van der Waals surface area contributed by atoms with Crippen molar-refractivity contribution in [2.24, 2.45) is 0 Å². The van der Waals surface area contributed by atoms with Crippen molar-refractivity contribution >= 4 is 33.9 Å². The molecule has 0 aliphatic rings. The van der Waals surface area contributed by atoms with Crippen molar-refractivity contribution < 1.29 is 4.42 Å². The van der Waals surface area contributed by atoms with Crippen LogP contribution in [0.5, 0.6) is 0 Å². The van der Waals surface area contributed by atoms with Crippen LogP contribution in [-0.2, 0) is 13.1 Å². The average molecular weight is 279 g/mol. The van der Waals surface area contributed by atoms with Gasteiger partial charge in [-0.1, -0.05) is 18.2 Å². The van der Waals surface area contributed by atoms with Crippen LogP contribution in [0.25, 0.3) is 11.0 Å². The molecule has 0 aliphatic heterocycles. The van der Waals surface area contributed by atoms with Crippen molar-refractivity contribution in [2.45, 2.75) is 13.1 Å². The molecule has 3 aromatic rings. The fourth-order valence-electron chi connectivity index (χ4n) is 1.87. The lowest BCUT2D eigenvalue weighted by Gasteiger charge is -2.01. The summed E-state index contributed by atoms with van der Waals surface area (Å²) in [6.45, 7) is 1.41. The topological polar surface area (TPSA) is 38.1 Å². The van der Waals surface area contributed by atoms with E-state index in [0.29, 0.717) is 11.8 Å². The zero-order chi connectivity index (χ0) is 12.4. The number of benzene rings is 1. The molecule has 0 radical (unpaired) electrons. The number of rotatable bonds is 4. The number of thiazole rings is 1. The molecule has 0 saturated heterocycles. The lowest BCUT2D eigenvalue weighted by Crippen LogP contribution is -2.12. The molecule has 1 aromatic carbocycles. The Labute approximate surface area is 113 Å². The molecule has 0 spiro atoms. The molecule has 0 fully saturated rings. The van der Waals surface area contributed by atoms with Crippen molar-refractivity contribution in [1.29, 1.82) is 0 Å². The van der Waals surface area contributed by atoms with Gasteiger partial charge in [0.1, 0.15) is 5.58 Å². The fourth-order valence-corrected chi connectivity index (χ4v) is 2.68. The van der Waals surface area contributed by atoms with Crippen molar-refractivity contribution in [3.05, 3.63) is 51.6 Å². The summed E-state index contributed by atoms with van der Waals surface area (Å²) in [5, 5.41) is 6.88. The third-order valence-corrected chi connectivity index (χ3v) is 3.68. The predicted molar refractivity (Wildman–Crippen MR) is 73.9 cm³/mol. The smallest absolute Gasteiger partial charge is 0.199 e. The van der Waals surface area contributed by atoms with E-state index in [0.717, 1.165) is 28.8 Å². The highest BCUT2D eigenvalue weighted by atomic mass is 35.5. The molecule has 3 nitrogen and oxygen atoms in total.